The number of halogens is 1. The van der Waals surface area contributed by atoms with Crippen molar-refractivity contribution in [1.82, 2.24) is 9.80 Å². The van der Waals surface area contributed by atoms with Crippen LogP contribution in [0.25, 0.3) is 0 Å². The molecule has 0 aliphatic carbocycles. The number of hydrogen-bond donors (Lipinski definition) is 0. The van der Waals surface area contributed by atoms with Crippen molar-refractivity contribution in [3.8, 4) is 5.75 Å². The lowest BCUT2D eigenvalue weighted by molar-refractivity contribution is 0.0322. The minimum Gasteiger partial charge on any atom is -0.492 e. The van der Waals surface area contributed by atoms with Crippen molar-refractivity contribution >= 4 is 0 Å². The van der Waals surface area contributed by atoms with Crippen LogP contribution in [0.4, 0.5) is 4.39 Å². The Morgan fingerprint density at radius 1 is 1.04 bits per heavy atom. The van der Waals surface area contributed by atoms with Crippen molar-refractivity contribution in [3.05, 3.63) is 65.5 Å². The molecule has 2 aromatic rings. The molecule has 0 saturated carbocycles. The topological polar surface area (TPSA) is 24.9 Å². The Kier molecular flexibility index (Phi) is 6.02. The van der Waals surface area contributed by atoms with Crippen LogP contribution in [-0.4, -0.2) is 55.8 Å². The molecule has 2 saturated heterocycles. The predicted octanol–water partition coefficient (Wildman–Crippen LogP) is 3.48. The first-order chi connectivity index (χ1) is 13.3. The van der Waals surface area contributed by atoms with E-state index >= 15 is 0 Å². The van der Waals surface area contributed by atoms with E-state index in [9.17, 15) is 4.39 Å². The second kappa shape index (κ2) is 8.83. The van der Waals surface area contributed by atoms with Gasteiger partial charge in [0.1, 0.15) is 18.2 Å². The fourth-order valence-corrected chi connectivity index (χ4v) is 3.78. The molecular formula is C22H27FN2O2. The molecule has 0 radical (unpaired) electrons. The third kappa shape index (κ3) is 4.86. The summed E-state index contributed by atoms with van der Waals surface area (Å²) in [5, 5.41) is 0. The van der Waals surface area contributed by atoms with Crippen LogP contribution in [0.15, 0.2) is 48.5 Å². The van der Waals surface area contributed by atoms with Crippen molar-refractivity contribution < 1.29 is 13.9 Å². The van der Waals surface area contributed by atoms with Gasteiger partial charge in [0.15, 0.2) is 0 Å². The summed E-state index contributed by atoms with van der Waals surface area (Å²) in [5.74, 6) is 0.756. The Labute approximate surface area is 160 Å². The molecule has 2 aliphatic heterocycles. The highest BCUT2D eigenvalue weighted by Gasteiger charge is 2.29. The lowest BCUT2D eigenvalue weighted by Crippen LogP contribution is -2.40. The average Bonchev–Trinajstić information content (AvgIpc) is 2.68. The highest BCUT2D eigenvalue weighted by Crippen LogP contribution is 2.34. The summed E-state index contributed by atoms with van der Waals surface area (Å²) in [5.41, 5.74) is 2.45. The molecule has 4 nitrogen and oxygen atoms in total. The molecule has 0 spiro atoms. The van der Waals surface area contributed by atoms with Crippen molar-refractivity contribution in [3.63, 3.8) is 0 Å². The molecule has 0 unspecified atom stereocenters. The van der Waals surface area contributed by atoms with Crippen LogP contribution >= 0.6 is 0 Å². The van der Waals surface area contributed by atoms with Gasteiger partial charge in [0, 0.05) is 38.8 Å². The van der Waals surface area contributed by atoms with Gasteiger partial charge in [-0.3, -0.25) is 9.80 Å². The molecule has 27 heavy (non-hydrogen) atoms. The van der Waals surface area contributed by atoms with Gasteiger partial charge in [0.25, 0.3) is 0 Å². The van der Waals surface area contributed by atoms with E-state index < -0.39 is 0 Å². The fraction of sp³-hybridized carbons (Fsp3) is 0.455. The lowest BCUT2D eigenvalue weighted by Gasteiger charge is -2.41. The van der Waals surface area contributed by atoms with Crippen LogP contribution in [0, 0.1) is 5.82 Å². The highest BCUT2D eigenvalue weighted by atomic mass is 19.1. The van der Waals surface area contributed by atoms with E-state index in [0.29, 0.717) is 12.6 Å². The zero-order valence-corrected chi connectivity index (χ0v) is 15.6. The van der Waals surface area contributed by atoms with Crippen LogP contribution in [0.3, 0.4) is 0 Å². The molecule has 2 fully saturated rings. The zero-order valence-electron chi connectivity index (χ0n) is 15.6. The summed E-state index contributed by atoms with van der Waals surface area (Å²) >= 11 is 0. The Hall–Kier alpha value is -1.95. The van der Waals surface area contributed by atoms with E-state index in [1.54, 1.807) is 12.1 Å². The number of benzene rings is 2. The number of ether oxygens (including phenoxy) is 2. The first-order valence-electron chi connectivity index (χ1n) is 9.79. The van der Waals surface area contributed by atoms with Crippen LogP contribution in [0.1, 0.15) is 23.6 Å². The summed E-state index contributed by atoms with van der Waals surface area (Å²) in [6.45, 7) is 7.22. The first-order valence-corrected chi connectivity index (χ1v) is 9.79. The van der Waals surface area contributed by atoms with Crippen LogP contribution in [-0.2, 0) is 11.3 Å². The minimum absolute atomic E-state index is 0.174. The number of nitrogens with zero attached hydrogens (tertiary/aromatic N) is 2. The van der Waals surface area contributed by atoms with E-state index in [1.165, 1.54) is 11.1 Å². The van der Waals surface area contributed by atoms with Gasteiger partial charge >= 0.3 is 0 Å². The van der Waals surface area contributed by atoms with E-state index in [-0.39, 0.29) is 5.82 Å². The average molecular weight is 370 g/mol. The molecule has 1 atom stereocenters. The predicted molar refractivity (Wildman–Crippen MR) is 103 cm³/mol. The number of morpholine rings is 1. The van der Waals surface area contributed by atoms with Gasteiger partial charge in [-0.25, -0.2) is 4.39 Å². The van der Waals surface area contributed by atoms with Crippen molar-refractivity contribution in [2.24, 2.45) is 0 Å². The van der Waals surface area contributed by atoms with Gasteiger partial charge in [0.2, 0.25) is 0 Å². The van der Waals surface area contributed by atoms with E-state index in [2.05, 4.69) is 28.0 Å². The Morgan fingerprint density at radius 2 is 1.85 bits per heavy atom. The minimum atomic E-state index is -0.174. The van der Waals surface area contributed by atoms with Gasteiger partial charge in [0.05, 0.1) is 13.2 Å². The molecule has 5 heteroatoms. The van der Waals surface area contributed by atoms with Crippen molar-refractivity contribution in [1.29, 1.82) is 0 Å². The molecule has 0 aromatic heterocycles. The summed E-state index contributed by atoms with van der Waals surface area (Å²) < 4.78 is 24.5. The summed E-state index contributed by atoms with van der Waals surface area (Å²) in [6.07, 6.45) is 1.13. The quantitative estimate of drug-likeness (QED) is 0.745. The van der Waals surface area contributed by atoms with Crippen LogP contribution in [0.5, 0.6) is 5.75 Å². The van der Waals surface area contributed by atoms with Crippen LogP contribution in [0.2, 0.25) is 0 Å². The molecule has 144 valence electrons. The van der Waals surface area contributed by atoms with Crippen molar-refractivity contribution in [2.45, 2.75) is 19.0 Å². The van der Waals surface area contributed by atoms with E-state index in [0.717, 1.165) is 58.1 Å². The van der Waals surface area contributed by atoms with Gasteiger partial charge < -0.3 is 9.47 Å². The van der Waals surface area contributed by atoms with Gasteiger partial charge in [-0.15, -0.1) is 0 Å². The molecule has 4 rings (SSSR count). The SMILES string of the molecule is Fc1ccc([C@H]2CCN2Cc2cccc(OCCN3CCOCC3)c2)cc1. The molecule has 2 aromatic carbocycles. The maximum atomic E-state index is 13.1. The molecule has 0 N–H and O–H groups in total. The molecule has 0 bridgehead atoms. The normalized spacial score (nSPS) is 21.0. The summed E-state index contributed by atoms with van der Waals surface area (Å²) in [4.78, 5) is 4.81. The van der Waals surface area contributed by atoms with Crippen molar-refractivity contribution in [2.75, 3.05) is 46.0 Å². The van der Waals surface area contributed by atoms with E-state index in [1.807, 2.05) is 18.2 Å². The van der Waals surface area contributed by atoms with E-state index in [4.69, 9.17) is 9.47 Å². The van der Waals surface area contributed by atoms with Crippen LogP contribution < -0.4 is 4.74 Å². The molecule has 2 aliphatic rings. The standard InChI is InChI=1S/C22H27FN2O2/c23-20-6-4-19(5-7-20)22-8-9-25(22)17-18-2-1-3-21(16-18)27-15-12-24-10-13-26-14-11-24/h1-7,16,22H,8-15,17H2/t22-/m1/s1. The largest absolute Gasteiger partial charge is 0.492 e. The zero-order chi connectivity index (χ0) is 18.5. The second-order valence-corrected chi connectivity index (χ2v) is 7.28. The molecule has 2 heterocycles. The fourth-order valence-electron chi connectivity index (χ4n) is 3.78. The van der Waals surface area contributed by atoms with Gasteiger partial charge in [-0.05, 0) is 41.8 Å². The highest BCUT2D eigenvalue weighted by molar-refractivity contribution is 5.29. The molecule has 0 amide bonds. The third-order valence-electron chi connectivity index (χ3n) is 5.45. The maximum Gasteiger partial charge on any atom is 0.123 e. The number of rotatable bonds is 7. The third-order valence-corrected chi connectivity index (χ3v) is 5.45. The summed E-state index contributed by atoms with van der Waals surface area (Å²) in [6, 6.07) is 15.7. The Balaban J connectivity index is 1.29. The Bertz CT molecular complexity index is 731. The summed E-state index contributed by atoms with van der Waals surface area (Å²) in [7, 11) is 0. The second-order valence-electron chi connectivity index (χ2n) is 7.28. The monoisotopic (exact) mass is 370 g/mol. The maximum absolute atomic E-state index is 13.1. The lowest BCUT2D eigenvalue weighted by atomic mass is 9.94. The molecular weight excluding hydrogens is 343 g/mol. The number of hydrogen-bond acceptors (Lipinski definition) is 4. The van der Waals surface area contributed by atoms with Gasteiger partial charge in [-0.2, -0.15) is 0 Å². The number of likely N-dealkylation sites (tertiary alicyclic amines) is 1. The smallest absolute Gasteiger partial charge is 0.123 e. The Morgan fingerprint density at radius 3 is 2.59 bits per heavy atom. The van der Waals surface area contributed by atoms with Gasteiger partial charge in [-0.1, -0.05) is 24.3 Å². The first kappa shape index (κ1) is 18.4.